The van der Waals surface area contributed by atoms with Gasteiger partial charge in [-0.25, -0.2) is 0 Å². The maximum atomic E-state index is 12.3. The van der Waals surface area contributed by atoms with Crippen molar-refractivity contribution in [3.63, 3.8) is 0 Å². The van der Waals surface area contributed by atoms with Gasteiger partial charge in [0.25, 0.3) is 5.91 Å². The normalized spacial score (nSPS) is 11.0. The van der Waals surface area contributed by atoms with Crippen molar-refractivity contribution in [3.05, 3.63) is 76.6 Å². The molecule has 0 bridgehead atoms. The van der Waals surface area contributed by atoms with Crippen LogP contribution in [-0.4, -0.2) is 5.91 Å². The number of benzene rings is 2. The lowest BCUT2D eigenvalue weighted by atomic mass is 9.87. The summed E-state index contributed by atoms with van der Waals surface area (Å²) in [6.45, 7) is 12.2. The van der Waals surface area contributed by atoms with E-state index < -0.39 is 0 Å². The molecule has 1 amide bonds. The van der Waals surface area contributed by atoms with E-state index in [4.69, 9.17) is 11.6 Å². The van der Waals surface area contributed by atoms with Crippen LogP contribution in [-0.2, 0) is 5.41 Å². The van der Waals surface area contributed by atoms with Crippen molar-refractivity contribution < 1.29 is 4.79 Å². The molecular formula is C20H23ClN2O. The van der Waals surface area contributed by atoms with Crippen LogP contribution in [0.3, 0.4) is 0 Å². The molecular weight excluding hydrogens is 320 g/mol. The smallest absolute Gasteiger partial charge is 0.256 e. The molecule has 0 aliphatic carbocycles. The fourth-order valence-corrected chi connectivity index (χ4v) is 2.44. The topological polar surface area (TPSA) is 41.1 Å². The Balaban J connectivity index is 2.04. The summed E-state index contributed by atoms with van der Waals surface area (Å²) >= 11 is 6.23. The molecule has 0 unspecified atom stereocenters. The average molecular weight is 343 g/mol. The van der Waals surface area contributed by atoms with Gasteiger partial charge in [-0.3, -0.25) is 4.79 Å². The molecule has 2 rings (SSSR count). The first-order valence-corrected chi connectivity index (χ1v) is 8.19. The minimum atomic E-state index is -0.211. The molecule has 3 nitrogen and oxygen atoms in total. The van der Waals surface area contributed by atoms with Crippen LogP contribution in [0.2, 0.25) is 5.02 Å². The van der Waals surface area contributed by atoms with Gasteiger partial charge in [-0.2, -0.15) is 0 Å². The monoisotopic (exact) mass is 342 g/mol. The minimum absolute atomic E-state index is 0.0576. The number of halogens is 1. The largest absolute Gasteiger partial charge is 0.341 e. The Morgan fingerprint density at radius 3 is 2.29 bits per heavy atom. The second-order valence-electron chi connectivity index (χ2n) is 6.82. The van der Waals surface area contributed by atoms with Gasteiger partial charge in [0.2, 0.25) is 0 Å². The average Bonchev–Trinajstić information content (AvgIpc) is 2.51. The van der Waals surface area contributed by atoms with E-state index in [0.29, 0.717) is 22.1 Å². The van der Waals surface area contributed by atoms with E-state index >= 15 is 0 Å². The zero-order valence-electron chi connectivity index (χ0n) is 14.5. The van der Waals surface area contributed by atoms with Gasteiger partial charge in [0.15, 0.2) is 0 Å². The Labute approximate surface area is 148 Å². The van der Waals surface area contributed by atoms with Crippen molar-refractivity contribution in [2.45, 2.75) is 33.1 Å². The van der Waals surface area contributed by atoms with Gasteiger partial charge in [-0.15, -0.1) is 0 Å². The molecule has 126 valence electrons. The molecule has 24 heavy (non-hydrogen) atoms. The van der Waals surface area contributed by atoms with Crippen LogP contribution in [0.1, 0.15) is 42.3 Å². The van der Waals surface area contributed by atoms with Crippen molar-refractivity contribution in [2.75, 3.05) is 5.32 Å². The van der Waals surface area contributed by atoms with Crippen molar-refractivity contribution >= 4 is 23.2 Å². The second kappa shape index (κ2) is 7.10. The molecule has 0 saturated heterocycles. The lowest BCUT2D eigenvalue weighted by molar-refractivity contribution is 0.0966. The van der Waals surface area contributed by atoms with Crippen LogP contribution >= 0.6 is 11.6 Å². The Morgan fingerprint density at radius 2 is 1.71 bits per heavy atom. The molecule has 2 aromatic carbocycles. The molecule has 0 aliphatic rings. The van der Waals surface area contributed by atoms with Gasteiger partial charge < -0.3 is 10.6 Å². The van der Waals surface area contributed by atoms with Crippen molar-refractivity contribution in [2.24, 2.45) is 0 Å². The van der Waals surface area contributed by atoms with Crippen molar-refractivity contribution in [1.29, 1.82) is 0 Å². The molecule has 0 spiro atoms. The summed E-state index contributed by atoms with van der Waals surface area (Å²) in [5.74, 6) is 0.170. The van der Waals surface area contributed by atoms with Crippen LogP contribution in [0.4, 0.5) is 5.69 Å². The van der Waals surface area contributed by atoms with E-state index in [1.54, 1.807) is 0 Å². The van der Waals surface area contributed by atoms with Gasteiger partial charge in [-0.1, -0.05) is 63.2 Å². The quantitative estimate of drug-likeness (QED) is 0.795. The third-order valence-electron chi connectivity index (χ3n) is 3.75. The zero-order valence-corrected chi connectivity index (χ0v) is 15.3. The number of hydrogen-bond donors (Lipinski definition) is 2. The summed E-state index contributed by atoms with van der Waals surface area (Å²) in [5.41, 5.74) is 3.50. The lowest BCUT2D eigenvalue weighted by Gasteiger charge is -2.19. The van der Waals surface area contributed by atoms with E-state index in [1.807, 2.05) is 49.4 Å². The summed E-state index contributed by atoms with van der Waals surface area (Å²) < 4.78 is 0. The highest BCUT2D eigenvalue weighted by atomic mass is 35.5. The SMILES string of the molecule is C=C(NC(=O)c1ccc(C(C)(C)C)cc1)Nc1cccc(C)c1Cl. The van der Waals surface area contributed by atoms with E-state index in [-0.39, 0.29) is 11.3 Å². The Morgan fingerprint density at radius 1 is 1.08 bits per heavy atom. The Kier molecular flexibility index (Phi) is 5.35. The number of rotatable bonds is 4. The third-order valence-corrected chi connectivity index (χ3v) is 4.26. The first-order valence-electron chi connectivity index (χ1n) is 7.81. The fraction of sp³-hybridized carbons (Fsp3) is 0.250. The fourth-order valence-electron chi connectivity index (χ4n) is 2.27. The number of hydrogen-bond acceptors (Lipinski definition) is 2. The van der Waals surface area contributed by atoms with Crippen molar-refractivity contribution in [3.8, 4) is 0 Å². The van der Waals surface area contributed by atoms with Crippen molar-refractivity contribution in [1.82, 2.24) is 5.32 Å². The molecule has 0 fully saturated rings. The predicted molar refractivity (Wildman–Crippen MR) is 102 cm³/mol. The molecule has 0 saturated carbocycles. The minimum Gasteiger partial charge on any atom is -0.341 e. The highest BCUT2D eigenvalue weighted by molar-refractivity contribution is 6.34. The number of carbonyl (C=O) groups excluding carboxylic acids is 1. The van der Waals surface area contributed by atoms with Crippen LogP contribution < -0.4 is 10.6 Å². The molecule has 0 aliphatic heterocycles. The van der Waals surface area contributed by atoms with Crippen LogP contribution in [0.5, 0.6) is 0 Å². The molecule has 0 radical (unpaired) electrons. The van der Waals surface area contributed by atoms with E-state index in [0.717, 1.165) is 5.56 Å². The number of aryl methyl sites for hydroxylation is 1. The Bertz CT molecular complexity index is 758. The van der Waals surface area contributed by atoms with Crippen LogP contribution in [0.25, 0.3) is 0 Å². The number of carbonyl (C=O) groups is 1. The predicted octanol–water partition coefficient (Wildman–Crippen LogP) is 5.26. The van der Waals surface area contributed by atoms with Crippen LogP contribution in [0.15, 0.2) is 54.9 Å². The summed E-state index contributed by atoms with van der Waals surface area (Å²) in [5, 5.41) is 6.39. The lowest BCUT2D eigenvalue weighted by Crippen LogP contribution is -2.26. The van der Waals surface area contributed by atoms with Gasteiger partial charge in [0.1, 0.15) is 5.82 Å². The highest BCUT2D eigenvalue weighted by Gasteiger charge is 2.14. The Hall–Kier alpha value is -2.26. The molecule has 0 heterocycles. The van der Waals surface area contributed by atoms with Gasteiger partial charge >= 0.3 is 0 Å². The molecule has 0 aromatic heterocycles. The molecule has 2 N–H and O–H groups in total. The third kappa shape index (κ3) is 4.39. The maximum Gasteiger partial charge on any atom is 0.256 e. The zero-order chi connectivity index (χ0) is 17.9. The first-order chi connectivity index (χ1) is 11.2. The standard InChI is InChI=1S/C20H23ClN2O/c1-13-7-6-8-17(18(13)21)22-14(2)23-19(24)15-9-11-16(12-10-15)20(3,4)5/h6-12,22H,2H2,1,3-5H3,(H,23,24). The number of anilines is 1. The van der Waals surface area contributed by atoms with E-state index in [2.05, 4.69) is 38.0 Å². The maximum absolute atomic E-state index is 12.3. The molecule has 0 atom stereocenters. The summed E-state index contributed by atoms with van der Waals surface area (Å²) in [7, 11) is 0. The second-order valence-corrected chi connectivity index (χ2v) is 7.20. The molecule has 4 heteroatoms. The first kappa shape index (κ1) is 18.1. The summed E-state index contributed by atoms with van der Waals surface area (Å²) in [6, 6.07) is 13.2. The van der Waals surface area contributed by atoms with Gasteiger partial charge in [-0.05, 0) is 41.7 Å². The van der Waals surface area contributed by atoms with E-state index in [9.17, 15) is 4.79 Å². The van der Waals surface area contributed by atoms with Gasteiger partial charge in [0, 0.05) is 5.56 Å². The number of nitrogens with one attached hydrogen (secondary N) is 2. The van der Waals surface area contributed by atoms with E-state index in [1.165, 1.54) is 5.56 Å². The molecule has 2 aromatic rings. The van der Waals surface area contributed by atoms with Crippen LogP contribution in [0, 0.1) is 6.92 Å². The van der Waals surface area contributed by atoms with Gasteiger partial charge in [0.05, 0.1) is 10.7 Å². The highest BCUT2D eigenvalue weighted by Crippen LogP contribution is 2.26. The summed E-state index contributed by atoms with van der Waals surface area (Å²) in [6.07, 6.45) is 0. The summed E-state index contributed by atoms with van der Waals surface area (Å²) in [4.78, 5) is 12.3. The number of amides is 1.